The van der Waals surface area contributed by atoms with Crippen molar-refractivity contribution in [3.05, 3.63) is 35.9 Å². The van der Waals surface area contributed by atoms with Crippen molar-refractivity contribution in [1.29, 1.82) is 0 Å². The molecule has 9 heteroatoms. The molecule has 0 unspecified atom stereocenters. The van der Waals surface area contributed by atoms with E-state index in [9.17, 15) is 13.2 Å². The number of hydrogen-bond donors (Lipinski definition) is 1. The van der Waals surface area contributed by atoms with E-state index in [-0.39, 0.29) is 24.0 Å². The van der Waals surface area contributed by atoms with Gasteiger partial charge >= 0.3 is 0 Å². The standard InChI is InChI=1S/C17H20N4O4S/c1-20(9-12-10-21-7-3-2-4-16(21)18-12)26(23,24)13-5-6-15-14(8-13)19-17(22)11-25-15/h5-6,8,10H,2-4,7,9,11H2,1H3,(H,19,22). The van der Waals surface area contributed by atoms with Crippen LogP contribution in [0.3, 0.4) is 0 Å². The quantitative estimate of drug-likeness (QED) is 0.870. The van der Waals surface area contributed by atoms with Crippen LogP contribution in [0.25, 0.3) is 0 Å². The van der Waals surface area contributed by atoms with Gasteiger partial charge in [-0.3, -0.25) is 4.79 Å². The Hall–Kier alpha value is -2.39. The molecule has 1 aromatic heterocycles. The van der Waals surface area contributed by atoms with Gasteiger partial charge in [0.15, 0.2) is 6.61 Å². The van der Waals surface area contributed by atoms with Crippen LogP contribution >= 0.6 is 0 Å². The second kappa shape index (κ2) is 6.40. The Morgan fingerprint density at radius 3 is 3.00 bits per heavy atom. The van der Waals surface area contributed by atoms with Gasteiger partial charge in [-0.05, 0) is 31.0 Å². The Balaban J connectivity index is 1.57. The average Bonchev–Trinajstić information content (AvgIpc) is 3.03. The fraction of sp³-hybridized carbons (Fsp3) is 0.412. The first-order valence-electron chi connectivity index (χ1n) is 8.51. The lowest BCUT2D eigenvalue weighted by Crippen LogP contribution is -2.28. The highest BCUT2D eigenvalue weighted by Gasteiger charge is 2.25. The zero-order chi connectivity index (χ0) is 18.3. The molecule has 1 amide bonds. The van der Waals surface area contributed by atoms with E-state index in [1.807, 2.05) is 6.20 Å². The van der Waals surface area contributed by atoms with Crippen LogP contribution in [0.15, 0.2) is 29.3 Å². The van der Waals surface area contributed by atoms with Crippen molar-refractivity contribution in [3.8, 4) is 5.75 Å². The van der Waals surface area contributed by atoms with Crippen LogP contribution in [0.1, 0.15) is 24.4 Å². The molecule has 0 saturated heterocycles. The van der Waals surface area contributed by atoms with E-state index >= 15 is 0 Å². The molecular weight excluding hydrogens is 356 g/mol. The fourth-order valence-electron chi connectivity index (χ4n) is 3.26. The van der Waals surface area contributed by atoms with Crippen molar-refractivity contribution in [2.45, 2.75) is 37.2 Å². The zero-order valence-electron chi connectivity index (χ0n) is 14.4. The van der Waals surface area contributed by atoms with Crippen molar-refractivity contribution >= 4 is 21.6 Å². The van der Waals surface area contributed by atoms with Crippen LogP contribution in [0.4, 0.5) is 5.69 Å². The molecule has 1 N–H and O–H groups in total. The summed E-state index contributed by atoms with van der Waals surface area (Å²) >= 11 is 0. The number of sulfonamides is 1. The molecule has 8 nitrogen and oxygen atoms in total. The monoisotopic (exact) mass is 376 g/mol. The minimum atomic E-state index is -3.71. The molecular formula is C17H20N4O4S. The van der Waals surface area contributed by atoms with Crippen LogP contribution in [0, 0.1) is 0 Å². The molecule has 2 aliphatic heterocycles. The van der Waals surface area contributed by atoms with Gasteiger partial charge in [0.25, 0.3) is 5.91 Å². The number of hydrogen-bond acceptors (Lipinski definition) is 5. The van der Waals surface area contributed by atoms with Gasteiger partial charge < -0.3 is 14.6 Å². The number of amides is 1. The third kappa shape index (κ3) is 3.08. The minimum absolute atomic E-state index is 0.0655. The highest BCUT2D eigenvalue weighted by Crippen LogP contribution is 2.31. The van der Waals surface area contributed by atoms with Crippen LogP contribution in [0.5, 0.6) is 5.75 Å². The molecule has 138 valence electrons. The van der Waals surface area contributed by atoms with E-state index < -0.39 is 10.0 Å². The van der Waals surface area contributed by atoms with E-state index in [1.54, 1.807) is 6.07 Å². The molecule has 0 saturated carbocycles. The van der Waals surface area contributed by atoms with E-state index in [0.717, 1.165) is 37.3 Å². The summed E-state index contributed by atoms with van der Waals surface area (Å²) in [6, 6.07) is 4.47. The molecule has 0 fully saturated rings. The number of aromatic nitrogens is 2. The molecule has 0 aliphatic carbocycles. The maximum atomic E-state index is 12.9. The van der Waals surface area contributed by atoms with Gasteiger partial charge in [-0.25, -0.2) is 13.4 Å². The largest absolute Gasteiger partial charge is 0.482 e. The molecule has 4 rings (SSSR count). The first kappa shape index (κ1) is 17.0. The van der Waals surface area contributed by atoms with E-state index in [0.29, 0.717) is 11.4 Å². The summed E-state index contributed by atoms with van der Waals surface area (Å²) in [6.45, 7) is 1.07. The number of rotatable bonds is 4. The number of fused-ring (bicyclic) bond motifs is 2. The number of anilines is 1. The van der Waals surface area contributed by atoms with Crippen LogP contribution in [0.2, 0.25) is 0 Å². The maximum Gasteiger partial charge on any atom is 0.262 e. The second-order valence-corrected chi connectivity index (χ2v) is 8.60. The number of nitrogens with zero attached hydrogens (tertiary/aromatic N) is 3. The summed E-state index contributed by atoms with van der Waals surface area (Å²) in [4.78, 5) is 16.1. The maximum absolute atomic E-state index is 12.9. The Kier molecular flexibility index (Phi) is 4.20. The first-order valence-corrected chi connectivity index (χ1v) is 9.95. The van der Waals surface area contributed by atoms with Gasteiger partial charge in [0, 0.05) is 26.2 Å². The van der Waals surface area contributed by atoms with E-state index in [1.165, 1.54) is 23.5 Å². The lowest BCUT2D eigenvalue weighted by molar-refractivity contribution is -0.118. The molecule has 0 radical (unpaired) electrons. The third-order valence-corrected chi connectivity index (χ3v) is 6.43. The van der Waals surface area contributed by atoms with Crippen molar-refractivity contribution in [2.24, 2.45) is 0 Å². The lowest BCUT2D eigenvalue weighted by Gasteiger charge is -2.20. The van der Waals surface area contributed by atoms with Crippen molar-refractivity contribution < 1.29 is 17.9 Å². The van der Waals surface area contributed by atoms with Gasteiger partial charge in [-0.15, -0.1) is 0 Å². The molecule has 26 heavy (non-hydrogen) atoms. The van der Waals surface area contributed by atoms with Crippen LogP contribution in [-0.2, 0) is 34.3 Å². The van der Waals surface area contributed by atoms with Crippen LogP contribution < -0.4 is 10.1 Å². The third-order valence-electron chi connectivity index (χ3n) is 4.64. The van der Waals surface area contributed by atoms with Gasteiger partial charge in [0.05, 0.1) is 22.8 Å². The zero-order valence-corrected chi connectivity index (χ0v) is 15.3. The fourth-order valence-corrected chi connectivity index (χ4v) is 4.43. The predicted octanol–water partition coefficient (Wildman–Crippen LogP) is 1.37. The predicted molar refractivity (Wildman–Crippen MR) is 94.4 cm³/mol. The number of imidazole rings is 1. The molecule has 0 atom stereocenters. The Labute approximate surface area is 151 Å². The smallest absolute Gasteiger partial charge is 0.262 e. The summed E-state index contributed by atoms with van der Waals surface area (Å²) in [5.74, 6) is 1.18. The second-order valence-electron chi connectivity index (χ2n) is 6.55. The summed E-state index contributed by atoms with van der Waals surface area (Å²) < 4.78 is 34.4. The molecule has 2 aliphatic rings. The highest BCUT2D eigenvalue weighted by molar-refractivity contribution is 7.89. The number of benzene rings is 1. The van der Waals surface area contributed by atoms with E-state index in [4.69, 9.17) is 4.74 Å². The van der Waals surface area contributed by atoms with Gasteiger partial charge in [0.1, 0.15) is 11.6 Å². The Morgan fingerprint density at radius 2 is 2.19 bits per heavy atom. The van der Waals surface area contributed by atoms with Crippen molar-refractivity contribution in [1.82, 2.24) is 13.9 Å². The normalized spacial score (nSPS) is 16.6. The van der Waals surface area contributed by atoms with Gasteiger partial charge in [-0.2, -0.15) is 4.31 Å². The first-order chi connectivity index (χ1) is 12.4. The minimum Gasteiger partial charge on any atom is -0.482 e. The number of carbonyl (C=O) groups excluding carboxylic acids is 1. The SMILES string of the molecule is CN(Cc1cn2c(n1)CCCC2)S(=O)(=O)c1ccc2c(c1)NC(=O)CO2. The Morgan fingerprint density at radius 1 is 1.35 bits per heavy atom. The topological polar surface area (TPSA) is 93.5 Å². The molecule has 3 heterocycles. The highest BCUT2D eigenvalue weighted by atomic mass is 32.2. The lowest BCUT2D eigenvalue weighted by atomic mass is 10.2. The molecule has 0 bridgehead atoms. The summed E-state index contributed by atoms with van der Waals surface area (Å²) in [6.07, 6.45) is 5.11. The number of nitrogens with one attached hydrogen (secondary N) is 1. The summed E-state index contributed by atoms with van der Waals surface area (Å²) in [5.41, 5.74) is 1.11. The van der Waals surface area contributed by atoms with Crippen molar-refractivity contribution in [2.75, 3.05) is 19.0 Å². The molecule has 0 spiro atoms. The van der Waals surface area contributed by atoms with Crippen molar-refractivity contribution in [3.63, 3.8) is 0 Å². The summed E-state index contributed by atoms with van der Waals surface area (Å²) in [5, 5.41) is 2.63. The van der Waals surface area contributed by atoms with Gasteiger partial charge in [0.2, 0.25) is 10.0 Å². The average molecular weight is 376 g/mol. The van der Waals surface area contributed by atoms with E-state index in [2.05, 4.69) is 14.9 Å². The number of ether oxygens (including phenoxy) is 1. The summed E-state index contributed by atoms with van der Waals surface area (Å²) in [7, 11) is -2.18. The molecule has 2 aromatic rings. The van der Waals surface area contributed by atoms with Crippen LogP contribution in [-0.4, -0.2) is 41.8 Å². The van der Waals surface area contributed by atoms with Gasteiger partial charge in [-0.1, -0.05) is 0 Å². The Bertz CT molecular complexity index is 944. The number of aryl methyl sites for hydroxylation is 2. The molecule has 1 aromatic carbocycles. The number of carbonyl (C=O) groups is 1.